The van der Waals surface area contributed by atoms with Crippen molar-refractivity contribution in [3.05, 3.63) is 93.5 Å². The molecule has 0 spiro atoms. The third-order valence-corrected chi connectivity index (χ3v) is 8.72. The van der Waals surface area contributed by atoms with Crippen molar-refractivity contribution in [1.82, 2.24) is 10.2 Å². The van der Waals surface area contributed by atoms with Gasteiger partial charge < -0.3 is 10.2 Å². The lowest BCUT2D eigenvalue weighted by atomic mass is 10.1. The van der Waals surface area contributed by atoms with Crippen molar-refractivity contribution in [2.75, 3.05) is 17.4 Å². The molecule has 7 nitrogen and oxygen atoms in total. The molecule has 0 bridgehead atoms. The zero-order valence-electron chi connectivity index (χ0n) is 23.2. The summed E-state index contributed by atoms with van der Waals surface area (Å²) in [6.45, 7) is 7.52. The highest BCUT2D eigenvalue weighted by Gasteiger charge is 2.32. The smallest absolute Gasteiger partial charge is 0.264 e. The van der Waals surface area contributed by atoms with E-state index in [-0.39, 0.29) is 33.1 Å². The number of unbranched alkanes of at least 4 members (excludes halogenated alkanes) is 1. The third-order valence-electron chi connectivity index (χ3n) is 6.49. The highest BCUT2D eigenvalue weighted by molar-refractivity contribution is 7.92. The molecule has 3 rings (SSSR count). The monoisotopic (exact) mass is 603 g/mol. The van der Waals surface area contributed by atoms with Crippen molar-refractivity contribution in [2.24, 2.45) is 0 Å². The van der Waals surface area contributed by atoms with Crippen LogP contribution < -0.4 is 9.62 Å². The third kappa shape index (κ3) is 8.22. The summed E-state index contributed by atoms with van der Waals surface area (Å²) in [6.07, 6.45) is 1.72. The van der Waals surface area contributed by atoms with Crippen molar-refractivity contribution in [3.8, 4) is 0 Å². The molecule has 0 unspecified atom stereocenters. The molecule has 3 aromatic rings. The van der Waals surface area contributed by atoms with Gasteiger partial charge in [0.25, 0.3) is 10.0 Å². The molecule has 0 fully saturated rings. The zero-order valence-corrected chi connectivity index (χ0v) is 25.5. The molecule has 0 heterocycles. The molecular weight excluding hydrogens is 569 g/mol. The molecule has 1 N–H and O–H groups in total. The fourth-order valence-corrected chi connectivity index (χ4v) is 5.97. The highest BCUT2D eigenvalue weighted by atomic mass is 35.5. The van der Waals surface area contributed by atoms with Gasteiger partial charge in [-0.3, -0.25) is 13.9 Å². The maximum Gasteiger partial charge on any atom is 0.264 e. The van der Waals surface area contributed by atoms with Crippen LogP contribution in [0.15, 0.2) is 71.6 Å². The zero-order chi connectivity index (χ0) is 29.4. The minimum absolute atomic E-state index is 0.0115. The van der Waals surface area contributed by atoms with Crippen LogP contribution >= 0.6 is 23.2 Å². The molecule has 3 aromatic carbocycles. The standard InChI is InChI=1S/C30H35Cl2N3O4S/c1-5-6-15-33-30(37)23(4)34(19-24-11-7-21(2)8-12-24)29(36)20-35(27-17-25(31)16-26(32)18-27)40(38,39)28-13-9-22(3)10-14-28/h7-14,16-18,23H,5-6,15,19-20H2,1-4H3,(H,33,37)/t23-/m1/s1. The number of carbonyl (C=O) groups is 2. The first-order chi connectivity index (χ1) is 18.9. The van der Waals surface area contributed by atoms with E-state index in [4.69, 9.17) is 23.2 Å². The maximum absolute atomic E-state index is 13.9. The molecule has 0 saturated heterocycles. The Morgan fingerprint density at radius 2 is 1.45 bits per heavy atom. The van der Waals surface area contributed by atoms with Crippen LogP contribution in [-0.2, 0) is 26.2 Å². The predicted molar refractivity (Wildman–Crippen MR) is 161 cm³/mol. The van der Waals surface area contributed by atoms with E-state index in [2.05, 4.69) is 5.32 Å². The molecular formula is C30H35Cl2N3O4S. The first-order valence-corrected chi connectivity index (χ1v) is 15.3. The molecule has 0 aliphatic carbocycles. The number of nitrogens with one attached hydrogen (secondary N) is 1. The lowest BCUT2D eigenvalue weighted by Gasteiger charge is -2.32. The Hall–Kier alpha value is -3.07. The van der Waals surface area contributed by atoms with E-state index in [0.717, 1.165) is 33.8 Å². The fourth-order valence-electron chi connectivity index (χ4n) is 4.06. The summed E-state index contributed by atoms with van der Waals surface area (Å²) in [4.78, 5) is 28.4. The van der Waals surface area contributed by atoms with E-state index in [9.17, 15) is 18.0 Å². The minimum atomic E-state index is -4.21. The summed E-state index contributed by atoms with van der Waals surface area (Å²) < 4.78 is 28.8. The van der Waals surface area contributed by atoms with Crippen molar-refractivity contribution in [1.29, 1.82) is 0 Å². The molecule has 1 atom stereocenters. The Morgan fingerprint density at radius 3 is 2.00 bits per heavy atom. The Labute approximate surface area is 247 Å². The Morgan fingerprint density at radius 1 is 0.900 bits per heavy atom. The van der Waals surface area contributed by atoms with Gasteiger partial charge in [-0.1, -0.05) is 84.1 Å². The van der Waals surface area contributed by atoms with E-state index >= 15 is 0 Å². The van der Waals surface area contributed by atoms with Gasteiger partial charge >= 0.3 is 0 Å². The molecule has 0 radical (unpaired) electrons. The van der Waals surface area contributed by atoms with Crippen LogP contribution in [0.4, 0.5) is 5.69 Å². The SMILES string of the molecule is CCCCNC(=O)[C@@H](C)N(Cc1ccc(C)cc1)C(=O)CN(c1cc(Cl)cc(Cl)c1)S(=O)(=O)c1ccc(C)cc1. The topological polar surface area (TPSA) is 86.8 Å². The number of amides is 2. The minimum Gasteiger partial charge on any atom is -0.354 e. The fraction of sp³-hybridized carbons (Fsp3) is 0.333. The number of hydrogen-bond donors (Lipinski definition) is 1. The largest absolute Gasteiger partial charge is 0.354 e. The number of benzene rings is 3. The second kappa shape index (κ2) is 14.0. The number of sulfonamides is 1. The Kier molecular flexibility index (Phi) is 11.0. The van der Waals surface area contributed by atoms with Gasteiger partial charge in [-0.15, -0.1) is 0 Å². The molecule has 0 aliphatic heterocycles. The molecule has 10 heteroatoms. The lowest BCUT2D eigenvalue weighted by molar-refractivity contribution is -0.139. The van der Waals surface area contributed by atoms with Gasteiger partial charge in [0.15, 0.2) is 0 Å². The molecule has 40 heavy (non-hydrogen) atoms. The number of anilines is 1. The van der Waals surface area contributed by atoms with Crippen LogP contribution in [0.1, 0.15) is 43.4 Å². The number of rotatable bonds is 12. The number of halogens is 2. The summed E-state index contributed by atoms with van der Waals surface area (Å²) in [5.74, 6) is -0.863. The number of hydrogen-bond acceptors (Lipinski definition) is 4. The number of aryl methyl sites for hydroxylation is 2. The normalized spacial score (nSPS) is 12.1. The number of nitrogens with zero attached hydrogens (tertiary/aromatic N) is 2. The van der Waals surface area contributed by atoms with Gasteiger partial charge in [0.05, 0.1) is 10.6 Å². The van der Waals surface area contributed by atoms with Crippen molar-refractivity contribution in [3.63, 3.8) is 0 Å². The van der Waals surface area contributed by atoms with E-state index in [1.807, 2.05) is 45.0 Å². The van der Waals surface area contributed by atoms with Gasteiger partial charge in [0.1, 0.15) is 12.6 Å². The van der Waals surface area contributed by atoms with E-state index in [0.29, 0.717) is 6.54 Å². The summed E-state index contributed by atoms with van der Waals surface area (Å²) >= 11 is 12.5. The highest BCUT2D eigenvalue weighted by Crippen LogP contribution is 2.30. The van der Waals surface area contributed by atoms with Gasteiger partial charge in [0.2, 0.25) is 11.8 Å². The van der Waals surface area contributed by atoms with Gasteiger partial charge in [-0.25, -0.2) is 8.42 Å². The first-order valence-electron chi connectivity index (χ1n) is 13.1. The van der Waals surface area contributed by atoms with Gasteiger partial charge in [-0.05, 0) is 63.1 Å². The number of carbonyl (C=O) groups excluding carboxylic acids is 2. The van der Waals surface area contributed by atoms with Crippen LogP contribution in [0.5, 0.6) is 0 Å². The second-order valence-electron chi connectivity index (χ2n) is 9.78. The molecule has 0 aliphatic rings. The predicted octanol–water partition coefficient (Wildman–Crippen LogP) is 6.14. The van der Waals surface area contributed by atoms with Crippen molar-refractivity contribution in [2.45, 2.75) is 58.0 Å². The quantitative estimate of drug-likeness (QED) is 0.252. The Bertz CT molecular complexity index is 1410. The molecule has 2 amide bonds. The van der Waals surface area contributed by atoms with Gasteiger partial charge in [0, 0.05) is 23.1 Å². The van der Waals surface area contributed by atoms with Crippen LogP contribution in [-0.4, -0.2) is 44.3 Å². The average molecular weight is 605 g/mol. The van der Waals surface area contributed by atoms with Crippen LogP contribution in [0.3, 0.4) is 0 Å². The van der Waals surface area contributed by atoms with Crippen LogP contribution in [0.25, 0.3) is 0 Å². The maximum atomic E-state index is 13.9. The van der Waals surface area contributed by atoms with E-state index in [1.165, 1.54) is 35.2 Å². The average Bonchev–Trinajstić information content (AvgIpc) is 2.90. The Balaban J connectivity index is 2.03. The second-order valence-corrected chi connectivity index (χ2v) is 12.5. The summed E-state index contributed by atoms with van der Waals surface area (Å²) in [6, 6.07) is 17.5. The van der Waals surface area contributed by atoms with E-state index in [1.54, 1.807) is 19.1 Å². The molecule has 0 saturated carbocycles. The van der Waals surface area contributed by atoms with Crippen LogP contribution in [0.2, 0.25) is 10.0 Å². The summed E-state index contributed by atoms with van der Waals surface area (Å²) in [7, 11) is -4.21. The summed E-state index contributed by atoms with van der Waals surface area (Å²) in [5, 5.41) is 3.32. The molecule has 214 valence electrons. The van der Waals surface area contributed by atoms with Crippen LogP contribution in [0, 0.1) is 13.8 Å². The van der Waals surface area contributed by atoms with E-state index < -0.39 is 28.5 Å². The lowest BCUT2D eigenvalue weighted by Crippen LogP contribution is -2.51. The van der Waals surface area contributed by atoms with Gasteiger partial charge in [-0.2, -0.15) is 0 Å². The molecule has 0 aromatic heterocycles. The summed E-state index contributed by atoms with van der Waals surface area (Å²) in [5.41, 5.74) is 2.90. The van der Waals surface area contributed by atoms with Crippen molar-refractivity contribution < 1.29 is 18.0 Å². The van der Waals surface area contributed by atoms with Crippen molar-refractivity contribution >= 4 is 50.7 Å². The first kappa shape index (κ1) is 31.5.